The summed E-state index contributed by atoms with van der Waals surface area (Å²) in [6.07, 6.45) is 0. The molecule has 5 nitrogen and oxygen atoms in total. The average Bonchev–Trinajstić information content (AvgIpc) is 2.73. The molecule has 3 rings (SSSR count). The highest BCUT2D eigenvalue weighted by atomic mass is 79.9. The average molecular weight is 561 g/mol. The van der Waals surface area contributed by atoms with Crippen molar-refractivity contribution < 1.29 is 18.7 Å². The maximum Gasteiger partial charge on any atom is 0.326 e. The Labute approximate surface area is 206 Å². The lowest BCUT2D eigenvalue weighted by Gasteiger charge is -2.17. The van der Waals surface area contributed by atoms with E-state index in [1.54, 1.807) is 32.0 Å². The maximum atomic E-state index is 13.8. The highest BCUT2D eigenvalue weighted by molar-refractivity contribution is 9.10. The van der Waals surface area contributed by atoms with Crippen LogP contribution in [0.2, 0.25) is 15.1 Å². The van der Waals surface area contributed by atoms with Crippen molar-refractivity contribution in [3.05, 3.63) is 84.5 Å². The number of nitrogens with one attached hydrogen (secondary N) is 2. The summed E-state index contributed by atoms with van der Waals surface area (Å²) >= 11 is 21.9. The summed E-state index contributed by atoms with van der Waals surface area (Å²) in [5, 5.41) is 5.58. The molecule has 0 unspecified atom stereocenters. The Morgan fingerprint density at radius 3 is 2.34 bits per heavy atom. The fourth-order valence-electron chi connectivity index (χ4n) is 2.85. The van der Waals surface area contributed by atoms with E-state index in [0.717, 1.165) is 6.07 Å². The highest BCUT2D eigenvalue weighted by Gasteiger charge is 2.19. The number of anilines is 1. The van der Waals surface area contributed by atoms with E-state index in [9.17, 15) is 14.0 Å². The number of ether oxygens (including phenoxy) is 1. The predicted molar refractivity (Wildman–Crippen MR) is 128 cm³/mol. The van der Waals surface area contributed by atoms with Crippen LogP contribution in [0.15, 0.2) is 46.9 Å². The smallest absolute Gasteiger partial charge is 0.326 e. The lowest BCUT2D eigenvalue weighted by Crippen LogP contribution is -2.35. The number of carbonyl (C=O) groups is 2. The molecule has 32 heavy (non-hydrogen) atoms. The first kappa shape index (κ1) is 24.3. The van der Waals surface area contributed by atoms with Crippen LogP contribution in [-0.4, -0.2) is 11.9 Å². The first-order valence-corrected chi connectivity index (χ1v) is 11.0. The first-order chi connectivity index (χ1) is 15.1. The molecule has 3 amide bonds. The van der Waals surface area contributed by atoms with Gasteiger partial charge in [0.15, 0.2) is 0 Å². The van der Waals surface area contributed by atoms with Gasteiger partial charge in [-0.05, 0) is 65.2 Å². The van der Waals surface area contributed by atoms with Crippen molar-refractivity contribution >= 4 is 68.4 Å². The minimum Gasteiger partial charge on any atom is -0.455 e. The van der Waals surface area contributed by atoms with E-state index < -0.39 is 17.8 Å². The van der Waals surface area contributed by atoms with Crippen molar-refractivity contribution in [1.29, 1.82) is 0 Å². The minimum atomic E-state index is -0.869. The third kappa shape index (κ3) is 5.35. The Morgan fingerprint density at radius 2 is 1.66 bits per heavy atom. The number of hydrogen-bond donors (Lipinski definition) is 2. The number of halogens is 5. The molecule has 0 bridgehead atoms. The lowest BCUT2D eigenvalue weighted by atomic mass is 10.1. The van der Waals surface area contributed by atoms with Gasteiger partial charge in [-0.1, -0.05) is 46.9 Å². The summed E-state index contributed by atoms with van der Waals surface area (Å²) in [5.41, 5.74) is 1.26. The van der Waals surface area contributed by atoms with Crippen LogP contribution in [0.3, 0.4) is 0 Å². The molecule has 0 atom stereocenters. The predicted octanol–water partition coefficient (Wildman–Crippen LogP) is 7.92. The van der Waals surface area contributed by atoms with E-state index in [1.807, 2.05) is 0 Å². The largest absolute Gasteiger partial charge is 0.455 e. The van der Waals surface area contributed by atoms with Gasteiger partial charge in [-0.2, -0.15) is 0 Å². The molecule has 0 saturated heterocycles. The minimum absolute atomic E-state index is 0.240. The molecule has 2 N–H and O–H groups in total. The summed E-state index contributed by atoms with van der Waals surface area (Å²) in [5.74, 6) is -0.877. The van der Waals surface area contributed by atoms with Crippen molar-refractivity contribution in [2.45, 2.75) is 13.8 Å². The van der Waals surface area contributed by atoms with Gasteiger partial charge in [0.2, 0.25) is 0 Å². The van der Waals surface area contributed by atoms with Gasteiger partial charge >= 0.3 is 6.03 Å². The molecule has 166 valence electrons. The number of rotatable bonds is 4. The summed E-state index contributed by atoms with van der Waals surface area (Å²) < 4.78 is 20.2. The van der Waals surface area contributed by atoms with Crippen molar-refractivity contribution in [2.75, 3.05) is 5.32 Å². The zero-order valence-corrected chi connectivity index (χ0v) is 20.5. The van der Waals surface area contributed by atoms with Crippen molar-refractivity contribution in [1.82, 2.24) is 5.32 Å². The Morgan fingerprint density at radius 1 is 1.00 bits per heavy atom. The number of imide groups is 1. The SMILES string of the molecule is Cc1cc(Oc2cc(Cl)c(Cl)cc2Br)c(Cl)c(C)c1NC(=O)NC(=O)c1ccccc1F. The van der Waals surface area contributed by atoms with Gasteiger partial charge in [-0.3, -0.25) is 10.1 Å². The second kappa shape index (κ2) is 10.1. The Hall–Kier alpha value is -2.32. The molecule has 0 spiro atoms. The van der Waals surface area contributed by atoms with Crippen LogP contribution >= 0.6 is 50.7 Å². The van der Waals surface area contributed by atoms with E-state index in [0.29, 0.717) is 42.8 Å². The number of carbonyl (C=O) groups excluding carboxylic acids is 2. The Kier molecular flexibility index (Phi) is 7.67. The molecule has 0 aliphatic carbocycles. The zero-order chi connectivity index (χ0) is 23.6. The molecule has 3 aromatic rings. The molecule has 0 saturated carbocycles. The van der Waals surface area contributed by atoms with Crippen LogP contribution in [0.1, 0.15) is 21.5 Å². The third-order valence-electron chi connectivity index (χ3n) is 4.44. The third-order valence-corrected chi connectivity index (χ3v) is 6.25. The number of hydrogen-bond acceptors (Lipinski definition) is 3. The highest BCUT2D eigenvalue weighted by Crippen LogP contribution is 2.41. The standard InChI is InChI=1S/C22H15BrCl3FN2O3/c1-10-7-18(32-17-9-15(25)14(24)8-13(17)23)19(26)11(2)20(10)28-22(31)29-21(30)12-5-3-4-6-16(12)27/h3-9H,1-2H3,(H2,28,29,30,31). The summed E-state index contributed by atoms with van der Waals surface area (Å²) in [6.45, 7) is 3.41. The Balaban J connectivity index is 1.81. The molecule has 0 aromatic heterocycles. The van der Waals surface area contributed by atoms with Gasteiger partial charge in [0, 0.05) is 11.8 Å². The van der Waals surface area contributed by atoms with Gasteiger partial charge in [0.25, 0.3) is 5.91 Å². The van der Waals surface area contributed by atoms with Crippen LogP contribution in [0, 0.1) is 19.7 Å². The maximum absolute atomic E-state index is 13.8. The lowest BCUT2D eigenvalue weighted by molar-refractivity contribution is 0.0963. The van der Waals surface area contributed by atoms with Crippen LogP contribution in [0.4, 0.5) is 14.9 Å². The molecule has 0 heterocycles. The molecule has 0 fully saturated rings. The molecule has 0 aliphatic heterocycles. The van der Waals surface area contributed by atoms with Crippen LogP contribution in [0.25, 0.3) is 0 Å². The number of aryl methyl sites for hydroxylation is 1. The fraction of sp³-hybridized carbons (Fsp3) is 0.0909. The van der Waals surface area contributed by atoms with E-state index in [2.05, 4.69) is 26.6 Å². The van der Waals surface area contributed by atoms with Gasteiger partial charge in [-0.25, -0.2) is 9.18 Å². The van der Waals surface area contributed by atoms with Crippen molar-refractivity contribution in [2.24, 2.45) is 0 Å². The fourth-order valence-corrected chi connectivity index (χ4v) is 3.91. The van der Waals surface area contributed by atoms with Gasteiger partial charge in [0.1, 0.15) is 17.3 Å². The van der Waals surface area contributed by atoms with E-state index in [1.165, 1.54) is 18.2 Å². The summed E-state index contributed by atoms with van der Waals surface area (Å²) in [6, 6.07) is 9.28. The van der Waals surface area contributed by atoms with Crippen LogP contribution in [0.5, 0.6) is 11.5 Å². The Bertz CT molecular complexity index is 1240. The molecule has 10 heteroatoms. The van der Waals surface area contributed by atoms with E-state index >= 15 is 0 Å². The molecular weight excluding hydrogens is 546 g/mol. The zero-order valence-electron chi connectivity index (χ0n) is 16.7. The van der Waals surface area contributed by atoms with Crippen molar-refractivity contribution in [3.8, 4) is 11.5 Å². The molecule has 0 radical (unpaired) electrons. The normalized spacial score (nSPS) is 10.6. The quantitative estimate of drug-likeness (QED) is 0.319. The second-order valence-electron chi connectivity index (χ2n) is 6.69. The van der Waals surface area contributed by atoms with Gasteiger partial charge < -0.3 is 10.1 Å². The van der Waals surface area contributed by atoms with E-state index in [4.69, 9.17) is 39.5 Å². The first-order valence-electron chi connectivity index (χ1n) is 9.07. The summed E-state index contributed by atoms with van der Waals surface area (Å²) in [4.78, 5) is 24.5. The van der Waals surface area contributed by atoms with Crippen LogP contribution in [-0.2, 0) is 0 Å². The topological polar surface area (TPSA) is 67.4 Å². The molecular formula is C22H15BrCl3FN2O3. The second-order valence-corrected chi connectivity index (χ2v) is 8.74. The number of amides is 3. The molecule has 3 aromatic carbocycles. The summed E-state index contributed by atoms with van der Waals surface area (Å²) in [7, 11) is 0. The van der Waals surface area contributed by atoms with Gasteiger partial charge in [-0.15, -0.1) is 0 Å². The number of urea groups is 1. The van der Waals surface area contributed by atoms with Gasteiger partial charge in [0.05, 0.1) is 25.1 Å². The molecule has 0 aliphatic rings. The number of benzene rings is 3. The van der Waals surface area contributed by atoms with E-state index in [-0.39, 0.29) is 10.6 Å². The monoisotopic (exact) mass is 558 g/mol. The van der Waals surface area contributed by atoms with Crippen LogP contribution < -0.4 is 15.4 Å². The van der Waals surface area contributed by atoms with Crippen molar-refractivity contribution in [3.63, 3.8) is 0 Å².